The summed E-state index contributed by atoms with van der Waals surface area (Å²) in [4.78, 5) is 18.7. The van der Waals surface area contributed by atoms with Crippen LogP contribution in [0, 0.1) is 6.92 Å². The summed E-state index contributed by atoms with van der Waals surface area (Å²) in [6.45, 7) is 1.73. The van der Waals surface area contributed by atoms with Crippen molar-refractivity contribution in [2.24, 2.45) is 0 Å². The minimum Gasteiger partial charge on any atom is -0.406 e. The molecule has 0 radical (unpaired) electrons. The Morgan fingerprint density at radius 3 is 2.21 bits per heavy atom. The topological polar surface area (TPSA) is 72.8 Å². The molecule has 0 amide bonds. The Hall–Kier alpha value is -3.62. The Morgan fingerprint density at radius 2 is 1.61 bits per heavy atom. The molecule has 0 aliphatic rings. The molecule has 2 aromatic carbocycles. The van der Waals surface area contributed by atoms with Crippen LogP contribution in [0.5, 0.6) is 5.75 Å². The van der Waals surface area contributed by atoms with Gasteiger partial charge in [-0.15, -0.1) is 13.2 Å². The van der Waals surface area contributed by atoms with Gasteiger partial charge in [0, 0.05) is 0 Å². The van der Waals surface area contributed by atoms with Crippen LogP contribution >= 0.6 is 0 Å². The van der Waals surface area contributed by atoms with E-state index in [1.807, 2.05) is 12.1 Å². The van der Waals surface area contributed by atoms with Crippen LogP contribution in [0.3, 0.4) is 0 Å². The highest BCUT2D eigenvalue weighted by atomic mass is 19.4. The molecule has 9 heteroatoms. The number of rotatable bonds is 3. The quantitative estimate of drug-likeness (QED) is 0.578. The lowest BCUT2D eigenvalue weighted by molar-refractivity contribution is -0.274. The molecule has 4 rings (SSSR count). The van der Waals surface area contributed by atoms with Crippen molar-refractivity contribution in [3.63, 3.8) is 0 Å². The second kappa shape index (κ2) is 6.52. The largest absolute Gasteiger partial charge is 0.573 e. The van der Waals surface area contributed by atoms with Gasteiger partial charge in [-0.2, -0.15) is 5.10 Å². The lowest BCUT2D eigenvalue weighted by atomic mass is 10.1. The fraction of sp³-hybridized carbons (Fsp3) is 0.105. The third-order valence-corrected chi connectivity index (χ3v) is 4.18. The summed E-state index contributed by atoms with van der Waals surface area (Å²) in [6.07, 6.45) is -3.40. The number of ether oxygens (including phenoxy) is 1. The zero-order valence-electron chi connectivity index (χ0n) is 14.5. The molecular formula is C19H13F3N4O2. The van der Waals surface area contributed by atoms with E-state index in [0.717, 1.165) is 11.1 Å². The number of aryl methyl sites for hydroxylation is 1. The van der Waals surface area contributed by atoms with Crippen LogP contribution in [0.4, 0.5) is 13.2 Å². The number of benzene rings is 2. The number of fused-ring (bicyclic) bond motifs is 1. The van der Waals surface area contributed by atoms with Gasteiger partial charge in [0.1, 0.15) is 11.1 Å². The van der Waals surface area contributed by atoms with E-state index in [9.17, 15) is 18.0 Å². The van der Waals surface area contributed by atoms with Crippen LogP contribution < -0.4 is 10.3 Å². The SMILES string of the molecule is Cc1nn(-c2ccc(-c3ccc(OC(F)(F)F)cc3)cc2)c2nc[nH]c(=O)c12. The number of hydrogen-bond acceptors (Lipinski definition) is 4. The standard InChI is InChI=1S/C19H13F3N4O2/c1-11-16-17(23-10-24-18(16)27)26(25-11)14-6-2-12(3-7-14)13-4-8-15(9-5-13)28-19(20,21)22/h2-10H,1H3,(H,23,24,27). The number of nitrogens with zero attached hydrogens (tertiary/aromatic N) is 3. The number of nitrogens with one attached hydrogen (secondary N) is 1. The van der Waals surface area contributed by atoms with E-state index < -0.39 is 6.36 Å². The monoisotopic (exact) mass is 386 g/mol. The Bertz CT molecular complexity index is 1190. The molecule has 28 heavy (non-hydrogen) atoms. The molecule has 0 saturated carbocycles. The first-order valence-corrected chi connectivity index (χ1v) is 8.21. The van der Waals surface area contributed by atoms with E-state index in [0.29, 0.717) is 22.4 Å². The molecule has 142 valence electrons. The van der Waals surface area contributed by atoms with Crippen LogP contribution in [0.15, 0.2) is 59.7 Å². The predicted molar refractivity (Wildman–Crippen MR) is 96.3 cm³/mol. The molecule has 0 aliphatic carbocycles. The van der Waals surface area contributed by atoms with Gasteiger partial charge in [0.2, 0.25) is 0 Å². The van der Waals surface area contributed by atoms with Gasteiger partial charge in [0.05, 0.1) is 17.7 Å². The van der Waals surface area contributed by atoms with E-state index in [-0.39, 0.29) is 11.3 Å². The number of halogens is 3. The van der Waals surface area contributed by atoms with Crippen LogP contribution in [0.25, 0.3) is 27.8 Å². The van der Waals surface area contributed by atoms with Crippen molar-refractivity contribution in [2.45, 2.75) is 13.3 Å². The summed E-state index contributed by atoms with van der Waals surface area (Å²) in [5, 5.41) is 4.80. The van der Waals surface area contributed by atoms with Gasteiger partial charge < -0.3 is 9.72 Å². The fourth-order valence-corrected chi connectivity index (χ4v) is 2.95. The van der Waals surface area contributed by atoms with Crippen molar-refractivity contribution < 1.29 is 17.9 Å². The summed E-state index contributed by atoms with van der Waals surface area (Å²) in [6, 6.07) is 12.8. The minimum atomic E-state index is -4.72. The zero-order chi connectivity index (χ0) is 19.9. The summed E-state index contributed by atoms with van der Waals surface area (Å²) in [5.41, 5.74) is 3.00. The molecule has 0 fully saturated rings. The van der Waals surface area contributed by atoms with E-state index in [4.69, 9.17) is 0 Å². The van der Waals surface area contributed by atoms with Gasteiger partial charge in [-0.3, -0.25) is 4.79 Å². The van der Waals surface area contributed by atoms with Crippen molar-refractivity contribution in [3.05, 3.63) is 70.9 Å². The number of alkyl halides is 3. The first-order chi connectivity index (χ1) is 13.3. The van der Waals surface area contributed by atoms with E-state index in [1.54, 1.807) is 35.9 Å². The van der Waals surface area contributed by atoms with Crippen LogP contribution in [0.2, 0.25) is 0 Å². The summed E-state index contributed by atoms with van der Waals surface area (Å²) in [5.74, 6) is -0.275. The Morgan fingerprint density at radius 1 is 1.00 bits per heavy atom. The molecular weight excluding hydrogens is 373 g/mol. The van der Waals surface area contributed by atoms with Gasteiger partial charge in [0.15, 0.2) is 5.65 Å². The summed E-state index contributed by atoms with van der Waals surface area (Å²) >= 11 is 0. The van der Waals surface area contributed by atoms with Crippen LogP contribution in [0.1, 0.15) is 5.69 Å². The number of H-pyrrole nitrogens is 1. The fourth-order valence-electron chi connectivity index (χ4n) is 2.95. The molecule has 0 unspecified atom stereocenters. The maximum Gasteiger partial charge on any atom is 0.573 e. The molecule has 2 heterocycles. The lowest BCUT2D eigenvalue weighted by Gasteiger charge is -2.10. The van der Waals surface area contributed by atoms with Gasteiger partial charge in [-0.1, -0.05) is 24.3 Å². The Kier molecular flexibility index (Phi) is 4.14. The van der Waals surface area contributed by atoms with Crippen molar-refractivity contribution in [1.29, 1.82) is 0 Å². The molecule has 0 spiro atoms. The predicted octanol–water partition coefficient (Wildman–Crippen LogP) is 3.98. The molecule has 4 aromatic rings. The lowest BCUT2D eigenvalue weighted by Crippen LogP contribution is -2.16. The maximum absolute atomic E-state index is 12.3. The van der Waals surface area contributed by atoms with Crippen LogP contribution in [-0.4, -0.2) is 26.1 Å². The molecule has 6 nitrogen and oxygen atoms in total. The zero-order valence-corrected chi connectivity index (χ0v) is 14.5. The molecule has 0 aliphatic heterocycles. The van der Waals surface area contributed by atoms with E-state index in [1.165, 1.54) is 18.5 Å². The normalized spacial score (nSPS) is 11.7. The summed E-state index contributed by atoms with van der Waals surface area (Å²) in [7, 11) is 0. The van der Waals surface area contributed by atoms with Crippen molar-refractivity contribution in [3.8, 4) is 22.6 Å². The second-order valence-corrected chi connectivity index (χ2v) is 6.05. The third kappa shape index (κ3) is 3.34. The highest BCUT2D eigenvalue weighted by molar-refractivity contribution is 5.78. The third-order valence-electron chi connectivity index (χ3n) is 4.18. The van der Waals surface area contributed by atoms with Gasteiger partial charge >= 0.3 is 6.36 Å². The first kappa shape index (κ1) is 17.8. The number of aromatic amines is 1. The molecule has 0 saturated heterocycles. The first-order valence-electron chi connectivity index (χ1n) is 8.21. The average Bonchev–Trinajstić information content (AvgIpc) is 2.99. The molecule has 0 bridgehead atoms. The smallest absolute Gasteiger partial charge is 0.406 e. The number of hydrogen-bond donors (Lipinski definition) is 1. The van der Waals surface area contributed by atoms with E-state index in [2.05, 4.69) is 19.8 Å². The number of aromatic nitrogens is 4. The van der Waals surface area contributed by atoms with Crippen LogP contribution in [-0.2, 0) is 0 Å². The van der Waals surface area contributed by atoms with Crippen molar-refractivity contribution >= 4 is 11.0 Å². The maximum atomic E-state index is 12.3. The van der Waals surface area contributed by atoms with Gasteiger partial charge in [-0.05, 0) is 42.3 Å². The molecule has 2 aromatic heterocycles. The van der Waals surface area contributed by atoms with E-state index >= 15 is 0 Å². The highest BCUT2D eigenvalue weighted by Crippen LogP contribution is 2.27. The Balaban J connectivity index is 1.65. The molecule has 0 atom stereocenters. The average molecular weight is 386 g/mol. The second-order valence-electron chi connectivity index (χ2n) is 6.05. The minimum absolute atomic E-state index is 0.258. The van der Waals surface area contributed by atoms with Crippen molar-refractivity contribution in [1.82, 2.24) is 19.7 Å². The summed E-state index contributed by atoms with van der Waals surface area (Å²) < 4.78 is 42.2. The van der Waals surface area contributed by atoms with Crippen molar-refractivity contribution in [2.75, 3.05) is 0 Å². The highest BCUT2D eigenvalue weighted by Gasteiger charge is 2.30. The van der Waals surface area contributed by atoms with Gasteiger partial charge in [-0.25, -0.2) is 9.67 Å². The Labute approximate surface area is 156 Å². The molecule has 1 N–H and O–H groups in total. The van der Waals surface area contributed by atoms with Gasteiger partial charge in [0.25, 0.3) is 5.56 Å².